The summed E-state index contributed by atoms with van der Waals surface area (Å²) < 4.78 is 37.7. The minimum Gasteiger partial charge on any atom is -0.493 e. The lowest BCUT2D eigenvalue weighted by Crippen LogP contribution is -2.44. The van der Waals surface area contributed by atoms with Gasteiger partial charge in [0.25, 0.3) is 5.91 Å². The minimum absolute atomic E-state index is 0.0358. The fourth-order valence-electron chi connectivity index (χ4n) is 3.06. The molecule has 2 N–H and O–H groups in total. The number of fused-ring (bicyclic) bond motifs is 1. The van der Waals surface area contributed by atoms with Crippen LogP contribution >= 0.6 is 0 Å². The van der Waals surface area contributed by atoms with Gasteiger partial charge in [0, 0.05) is 12.0 Å². The first-order valence-electron chi connectivity index (χ1n) is 9.58. The predicted octanol–water partition coefficient (Wildman–Crippen LogP) is 1.93. The van der Waals surface area contributed by atoms with Crippen molar-refractivity contribution in [2.45, 2.75) is 43.4 Å². The monoisotopic (exact) mass is 432 g/mol. The van der Waals surface area contributed by atoms with E-state index in [9.17, 15) is 18.0 Å². The molecule has 2 aromatic carbocycles. The van der Waals surface area contributed by atoms with E-state index in [-0.39, 0.29) is 10.9 Å². The first-order valence-corrected chi connectivity index (χ1v) is 11.1. The van der Waals surface area contributed by atoms with Crippen LogP contribution in [0.15, 0.2) is 59.5 Å². The molecule has 1 amide bonds. The topological polar surface area (TPSA) is 111 Å². The third-order valence-corrected chi connectivity index (χ3v) is 6.23. The molecular formula is C21H24N2O6S. The molecule has 160 valence electrons. The van der Waals surface area contributed by atoms with Gasteiger partial charge in [0.05, 0.1) is 17.5 Å². The van der Waals surface area contributed by atoms with Gasteiger partial charge in [0.2, 0.25) is 10.0 Å². The number of hydrogen-bond acceptors (Lipinski definition) is 6. The normalized spacial score (nSPS) is 17.7. The van der Waals surface area contributed by atoms with Crippen LogP contribution in [0.2, 0.25) is 0 Å². The van der Waals surface area contributed by atoms with E-state index in [1.807, 2.05) is 24.3 Å². The average Bonchev–Trinajstić information content (AvgIpc) is 2.74. The van der Waals surface area contributed by atoms with E-state index >= 15 is 0 Å². The van der Waals surface area contributed by atoms with Crippen LogP contribution in [0.1, 0.15) is 31.9 Å². The van der Waals surface area contributed by atoms with Crippen LogP contribution in [0.25, 0.3) is 0 Å². The second-order valence-corrected chi connectivity index (χ2v) is 8.69. The highest BCUT2D eigenvalue weighted by molar-refractivity contribution is 7.89. The molecule has 0 spiro atoms. The smallest absolute Gasteiger partial charge is 0.324 e. The molecule has 0 aromatic heterocycles. The van der Waals surface area contributed by atoms with Crippen molar-refractivity contribution in [2.24, 2.45) is 0 Å². The lowest BCUT2D eigenvalue weighted by atomic mass is 10.0. The molecule has 1 aliphatic heterocycles. The average molecular weight is 432 g/mol. The molecule has 0 fully saturated rings. The Morgan fingerprint density at radius 1 is 1.07 bits per heavy atom. The fraction of sp³-hybridized carbons (Fsp3) is 0.333. The quantitative estimate of drug-likeness (QED) is 0.647. The first-order chi connectivity index (χ1) is 14.3. The van der Waals surface area contributed by atoms with Crippen molar-refractivity contribution in [3.05, 3.63) is 60.2 Å². The molecule has 0 saturated carbocycles. The third kappa shape index (κ3) is 5.17. The van der Waals surface area contributed by atoms with Gasteiger partial charge < -0.3 is 14.8 Å². The molecular weight excluding hydrogens is 408 g/mol. The molecule has 0 saturated heterocycles. The number of ether oxygens (including phenoxy) is 2. The fourth-order valence-corrected chi connectivity index (χ4v) is 4.27. The van der Waals surface area contributed by atoms with Gasteiger partial charge >= 0.3 is 5.97 Å². The Balaban J connectivity index is 1.57. The van der Waals surface area contributed by atoms with Crippen LogP contribution in [-0.2, 0) is 24.3 Å². The molecule has 1 heterocycles. The van der Waals surface area contributed by atoms with Gasteiger partial charge in [-0.2, -0.15) is 4.72 Å². The number of amides is 1. The Kier molecular flexibility index (Phi) is 6.73. The van der Waals surface area contributed by atoms with Gasteiger partial charge in [-0.3, -0.25) is 9.59 Å². The minimum atomic E-state index is -3.88. The van der Waals surface area contributed by atoms with E-state index in [4.69, 9.17) is 9.47 Å². The van der Waals surface area contributed by atoms with Crippen LogP contribution in [0.5, 0.6) is 5.75 Å². The second-order valence-electron chi connectivity index (χ2n) is 6.97. The first kappa shape index (κ1) is 21.8. The molecule has 2 aromatic rings. The summed E-state index contributed by atoms with van der Waals surface area (Å²) in [7, 11) is -3.88. The number of carbonyl (C=O) groups excluding carboxylic acids is 2. The zero-order valence-electron chi connectivity index (χ0n) is 16.7. The number of esters is 1. The van der Waals surface area contributed by atoms with Crippen LogP contribution in [0, 0.1) is 0 Å². The maximum absolute atomic E-state index is 12.5. The van der Waals surface area contributed by atoms with Gasteiger partial charge in [0.15, 0.2) is 6.10 Å². The summed E-state index contributed by atoms with van der Waals surface area (Å²) in [6.07, 6.45) is -0.493. The predicted molar refractivity (Wildman–Crippen MR) is 109 cm³/mol. The van der Waals surface area contributed by atoms with E-state index in [0.29, 0.717) is 18.8 Å². The molecule has 0 bridgehead atoms. The van der Waals surface area contributed by atoms with Crippen molar-refractivity contribution in [1.29, 1.82) is 0 Å². The number of nitrogens with one attached hydrogen (secondary N) is 2. The molecule has 3 atom stereocenters. The van der Waals surface area contributed by atoms with E-state index in [0.717, 1.165) is 5.56 Å². The number of hydrogen-bond donors (Lipinski definition) is 2. The van der Waals surface area contributed by atoms with Crippen molar-refractivity contribution in [1.82, 2.24) is 10.0 Å². The molecule has 30 heavy (non-hydrogen) atoms. The van der Waals surface area contributed by atoms with Gasteiger partial charge in [0.1, 0.15) is 11.8 Å². The van der Waals surface area contributed by atoms with Crippen molar-refractivity contribution in [2.75, 3.05) is 6.61 Å². The van der Waals surface area contributed by atoms with Crippen LogP contribution in [-0.4, -0.2) is 39.0 Å². The van der Waals surface area contributed by atoms with E-state index in [1.54, 1.807) is 18.2 Å². The standard InChI is InChI=1S/C21H24N2O6S/c1-14(23-30(26,27)16-8-4-3-5-9-16)21(25)29-15(2)20(24)22-18-12-13-28-19-11-7-6-10-17(18)19/h3-11,14-15,18,23H,12-13H2,1-2H3,(H,22,24)/t14-,15?,18?/m0/s1. The number of para-hydroxylation sites is 1. The maximum Gasteiger partial charge on any atom is 0.324 e. The van der Waals surface area contributed by atoms with Gasteiger partial charge in [-0.05, 0) is 32.0 Å². The van der Waals surface area contributed by atoms with Crippen molar-refractivity contribution in [3.8, 4) is 5.75 Å². The molecule has 9 heteroatoms. The van der Waals surface area contributed by atoms with Gasteiger partial charge in [-0.1, -0.05) is 36.4 Å². The Morgan fingerprint density at radius 2 is 1.73 bits per heavy atom. The van der Waals surface area contributed by atoms with Gasteiger partial charge in [-0.15, -0.1) is 0 Å². The summed E-state index contributed by atoms with van der Waals surface area (Å²) in [5, 5.41) is 2.86. The van der Waals surface area contributed by atoms with E-state index in [1.165, 1.54) is 26.0 Å². The maximum atomic E-state index is 12.5. The molecule has 2 unspecified atom stereocenters. The molecule has 1 aliphatic rings. The Bertz CT molecular complexity index is 1010. The molecule has 3 rings (SSSR count). The largest absolute Gasteiger partial charge is 0.493 e. The Hall–Kier alpha value is -2.91. The highest BCUT2D eigenvalue weighted by atomic mass is 32.2. The highest BCUT2D eigenvalue weighted by Crippen LogP contribution is 2.31. The van der Waals surface area contributed by atoms with Crippen LogP contribution in [0.4, 0.5) is 0 Å². The summed E-state index contributed by atoms with van der Waals surface area (Å²) in [4.78, 5) is 24.9. The summed E-state index contributed by atoms with van der Waals surface area (Å²) in [5.74, 6) is -0.602. The number of benzene rings is 2. The highest BCUT2D eigenvalue weighted by Gasteiger charge is 2.29. The molecule has 0 aliphatic carbocycles. The van der Waals surface area contributed by atoms with E-state index < -0.39 is 34.0 Å². The Morgan fingerprint density at radius 3 is 2.47 bits per heavy atom. The van der Waals surface area contributed by atoms with Crippen molar-refractivity contribution >= 4 is 21.9 Å². The molecule has 0 radical (unpaired) electrons. The van der Waals surface area contributed by atoms with E-state index in [2.05, 4.69) is 10.0 Å². The number of sulfonamides is 1. The number of carbonyl (C=O) groups is 2. The second kappa shape index (κ2) is 9.27. The van der Waals surface area contributed by atoms with Crippen molar-refractivity contribution in [3.63, 3.8) is 0 Å². The SMILES string of the molecule is CC(OC(=O)[C@H](C)NS(=O)(=O)c1ccccc1)C(=O)NC1CCOc2ccccc21. The lowest BCUT2D eigenvalue weighted by molar-refractivity contribution is -0.156. The zero-order valence-corrected chi connectivity index (χ0v) is 17.5. The zero-order chi connectivity index (χ0) is 21.7. The lowest BCUT2D eigenvalue weighted by Gasteiger charge is -2.27. The summed E-state index contributed by atoms with van der Waals surface area (Å²) in [5.41, 5.74) is 0.861. The summed E-state index contributed by atoms with van der Waals surface area (Å²) >= 11 is 0. The molecule has 8 nitrogen and oxygen atoms in total. The number of rotatable bonds is 7. The third-order valence-electron chi connectivity index (χ3n) is 4.68. The van der Waals surface area contributed by atoms with Crippen LogP contribution in [0.3, 0.4) is 0 Å². The summed E-state index contributed by atoms with van der Waals surface area (Å²) in [6.45, 7) is 3.27. The van der Waals surface area contributed by atoms with Crippen molar-refractivity contribution < 1.29 is 27.5 Å². The van der Waals surface area contributed by atoms with Gasteiger partial charge in [-0.25, -0.2) is 8.42 Å². The van der Waals surface area contributed by atoms with Crippen LogP contribution < -0.4 is 14.8 Å². The summed E-state index contributed by atoms with van der Waals surface area (Å²) in [6, 6.07) is 13.7. The Labute approximate surface area is 175 Å².